The number of hydrogen-bond donors (Lipinski definition) is 1. The van der Waals surface area contributed by atoms with E-state index in [1.807, 2.05) is 41.3 Å². The average molecular weight is 376 g/mol. The first-order valence-corrected chi connectivity index (χ1v) is 9.94. The summed E-state index contributed by atoms with van der Waals surface area (Å²) in [6, 6.07) is 14.9. The molecule has 2 amide bonds. The van der Waals surface area contributed by atoms with Gasteiger partial charge in [-0.05, 0) is 43.4 Å². The zero-order valence-electron chi connectivity index (χ0n) is 15.8. The van der Waals surface area contributed by atoms with Crippen LogP contribution in [0.4, 0.5) is 11.4 Å². The van der Waals surface area contributed by atoms with Crippen molar-refractivity contribution < 1.29 is 14.4 Å². The Balaban J connectivity index is 1.31. The molecule has 4 rings (SSSR count). The SMILES string of the molecule is O=C(CCCC(=O)c1ccccc1)Nc1ccc2c(c1)N(C(=O)C1CC1)CC2. The van der Waals surface area contributed by atoms with Gasteiger partial charge in [-0.3, -0.25) is 14.4 Å². The van der Waals surface area contributed by atoms with Gasteiger partial charge in [-0.2, -0.15) is 0 Å². The summed E-state index contributed by atoms with van der Waals surface area (Å²) >= 11 is 0. The molecule has 2 aliphatic rings. The maximum atomic E-state index is 12.4. The fraction of sp³-hybridized carbons (Fsp3) is 0.348. The van der Waals surface area contributed by atoms with E-state index >= 15 is 0 Å². The summed E-state index contributed by atoms with van der Waals surface area (Å²) in [6.07, 6.45) is 4.00. The van der Waals surface area contributed by atoms with Gasteiger partial charge >= 0.3 is 0 Å². The van der Waals surface area contributed by atoms with Crippen molar-refractivity contribution in [2.45, 2.75) is 38.5 Å². The van der Waals surface area contributed by atoms with Crippen molar-refractivity contribution >= 4 is 29.0 Å². The molecule has 1 aliphatic carbocycles. The van der Waals surface area contributed by atoms with Crippen LogP contribution in [0.15, 0.2) is 48.5 Å². The molecule has 1 saturated carbocycles. The van der Waals surface area contributed by atoms with Crippen LogP contribution in [0.1, 0.15) is 48.0 Å². The largest absolute Gasteiger partial charge is 0.326 e. The van der Waals surface area contributed by atoms with Gasteiger partial charge in [-0.25, -0.2) is 0 Å². The summed E-state index contributed by atoms with van der Waals surface area (Å²) in [5.74, 6) is 0.340. The van der Waals surface area contributed by atoms with Crippen LogP contribution in [-0.2, 0) is 16.0 Å². The van der Waals surface area contributed by atoms with Crippen molar-refractivity contribution in [3.05, 3.63) is 59.7 Å². The molecule has 0 saturated heterocycles. The van der Waals surface area contributed by atoms with Gasteiger partial charge in [0.15, 0.2) is 5.78 Å². The van der Waals surface area contributed by atoms with E-state index in [-0.39, 0.29) is 23.5 Å². The Hall–Kier alpha value is -2.95. The standard InChI is InChI=1S/C23H24N2O3/c26-21(17-5-2-1-3-6-17)7-4-8-22(27)24-19-12-11-16-13-14-25(20(16)15-19)23(28)18-9-10-18/h1-3,5-6,11-12,15,18H,4,7-10,13-14H2,(H,24,27). The van der Waals surface area contributed by atoms with E-state index in [0.717, 1.165) is 37.1 Å². The molecule has 1 fully saturated rings. The van der Waals surface area contributed by atoms with E-state index in [1.54, 1.807) is 12.1 Å². The number of hydrogen-bond acceptors (Lipinski definition) is 3. The molecule has 0 spiro atoms. The second-order valence-electron chi connectivity index (χ2n) is 7.55. The maximum Gasteiger partial charge on any atom is 0.230 e. The lowest BCUT2D eigenvalue weighted by molar-refractivity contribution is -0.119. The van der Waals surface area contributed by atoms with E-state index < -0.39 is 0 Å². The van der Waals surface area contributed by atoms with Crippen molar-refractivity contribution in [2.75, 3.05) is 16.8 Å². The Kier molecular flexibility index (Phi) is 5.24. The molecule has 28 heavy (non-hydrogen) atoms. The van der Waals surface area contributed by atoms with Crippen LogP contribution in [0, 0.1) is 5.92 Å². The maximum absolute atomic E-state index is 12.4. The number of carbonyl (C=O) groups excluding carboxylic acids is 3. The van der Waals surface area contributed by atoms with Gasteiger partial charge in [0.05, 0.1) is 0 Å². The lowest BCUT2D eigenvalue weighted by Crippen LogP contribution is -2.30. The van der Waals surface area contributed by atoms with Crippen LogP contribution in [0.25, 0.3) is 0 Å². The molecule has 0 radical (unpaired) electrons. The molecule has 144 valence electrons. The van der Waals surface area contributed by atoms with Gasteiger partial charge in [-0.1, -0.05) is 36.4 Å². The number of ketones is 1. The zero-order chi connectivity index (χ0) is 19.5. The van der Waals surface area contributed by atoms with Crippen molar-refractivity contribution in [1.29, 1.82) is 0 Å². The van der Waals surface area contributed by atoms with Gasteiger partial charge in [0.25, 0.3) is 0 Å². The third kappa shape index (κ3) is 4.14. The summed E-state index contributed by atoms with van der Waals surface area (Å²) in [5.41, 5.74) is 3.46. The van der Waals surface area contributed by atoms with E-state index in [1.165, 1.54) is 0 Å². The zero-order valence-corrected chi connectivity index (χ0v) is 15.8. The van der Waals surface area contributed by atoms with E-state index in [4.69, 9.17) is 0 Å². The van der Waals surface area contributed by atoms with Crippen molar-refractivity contribution in [3.8, 4) is 0 Å². The Bertz CT molecular complexity index is 903. The Morgan fingerprint density at radius 3 is 2.54 bits per heavy atom. The van der Waals surface area contributed by atoms with Crippen molar-refractivity contribution in [2.24, 2.45) is 5.92 Å². The predicted octanol–water partition coefficient (Wildman–Crippen LogP) is 3.98. The highest BCUT2D eigenvalue weighted by molar-refractivity contribution is 6.00. The lowest BCUT2D eigenvalue weighted by Gasteiger charge is -2.18. The summed E-state index contributed by atoms with van der Waals surface area (Å²) in [7, 11) is 0. The Morgan fingerprint density at radius 1 is 1.00 bits per heavy atom. The van der Waals surface area contributed by atoms with Gasteiger partial charge in [0.1, 0.15) is 0 Å². The molecule has 1 heterocycles. The number of nitrogens with one attached hydrogen (secondary N) is 1. The molecule has 0 atom stereocenters. The summed E-state index contributed by atoms with van der Waals surface area (Å²) < 4.78 is 0. The number of benzene rings is 2. The molecule has 2 aromatic carbocycles. The number of rotatable bonds is 7. The van der Waals surface area contributed by atoms with Gasteiger partial charge in [0, 0.05) is 42.2 Å². The minimum Gasteiger partial charge on any atom is -0.326 e. The highest BCUT2D eigenvalue weighted by Gasteiger charge is 2.36. The first kappa shape index (κ1) is 18.4. The second-order valence-corrected chi connectivity index (χ2v) is 7.55. The van der Waals surface area contributed by atoms with Gasteiger partial charge < -0.3 is 10.2 Å². The fourth-order valence-corrected chi connectivity index (χ4v) is 3.64. The summed E-state index contributed by atoms with van der Waals surface area (Å²) in [6.45, 7) is 0.726. The molecular formula is C23H24N2O3. The lowest BCUT2D eigenvalue weighted by atomic mass is 10.1. The molecule has 0 unspecified atom stereocenters. The van der Waals surface area contributed by atoms with Crippen LogP contribution >= 0.6 is 0 Å². The van der Waals surface area contributed by atoms with Crippen LogP contribution in [0.2, 0.25) is 0 Å². The number of nitrogens with zero attached hydrogens (tertiary/aromatic N) is 1. The van der Waals surface area contributed by atoms with Crippen molar-refractivity contribution in [1.82, 2.24) is 0 Å². The number of carbonyl (C=O) groups is 3. The quantitative estimate of drug-likeness (QED) is 0.744. The van der Waals surface area contributed by atoms with Gasteiger partial charge in [0.2, 0.25) is 11.8 Å². The number of anilines is 2. The minimum atomic E-state index is -0.112. The first-order valence-electron chi connectivity index (χ1n) is 9.94. The third-order valence-electron chi connectivity index (χ3n) is 5.36. The van der Waals surface area contributed by atoms with Crippen LogP contribution in [0.5, 0.6) is 0 Å². The topological polar surface area (TPSA) is 66.5 Å². The highest BCUT2D eigenvalue weighted by Crippen LogP contribution is 2.37. The summed E-state index contributed by atoms with van der Waals surface area (Å²) in [5, 5.41) is 2.90. The number of Topliss-reactive ketones (excluding diaryl/α,β-unsaturated/α-hetero) is 1. The smallest absolute Gasteiger partial charge is 0.230 e. The minimum absolute atomic E-state index is 0.0557. The molecular weight excluding hydrogens is 352 g/mol. The van der Waals surface area contributed by atoms with Crippen LogP contribution in [-0.4, -0.2) is 24.1 Å². The normalized spacial score (nSPS) is 15.2. The Morgan fingerprint density at radius 2 is 1.79 bits per heavy atom. The second kappa shape index (κ2) is 7.97. The first-order chi connectivity index (χ1) is 13.6. The van der Waals surface area contributed by atoms with Crippen LogP contribution in [0.3, 0.4) is 0 Å². The van der Waals surface area contributed by atoms with E-state index in [2.05, 4.69) is 5.32 Å². The number of fused-ring (bicyclic) bond motifs is 1. The van der Waals surface area contributed by atoms with Gasteiger partial charge in [-0.15, -0.1) is 0 Å². The highest BCUT2D eigenvalue weighted by atomic mass is 16.2. The molecule has 1 N–H and O–H groups in total. The van der Waals surface area contributed by atoms with Crippen LogP contribution < -0.4 is 10.2 Å². The molecule has 1 aliphatic heterocycles. The van der Waals surface area contributed by atoms with E-state index in [0.29, 0.717) is 30.5 Å². The van der Waals surface area contributed by atoms with Crippen molar-refractivity contribution in [3.63, 3.8) is 0 Å². The predicted molar refractivity (Wildman–Crippen MR) is 108 cm³/mol. The summed E-state index contributed by atoms with van der Waals surface area (Å²) in [4.78, 5) is 38.7. The Labute approximate surface area is 164 Å². The molecule has 0 bridgehead atoms. The number of amides is 2. The molecule has 5 heteroatoms. The monoisotopic (exact) mass is 376 g/mol. The van der Waals surface area contributed by atoms with E-state index in [9.17, 15) is 14.4 Å². The molecule has 0 aromatic heterocycles. The molecule has 5 nitrogen and oxygen atoms in total. The average Bonchev–Trinajstić information content (AvgIpc) is 3.48. The fourth-order valence-electron chi connectivity index (χ4n) is 3.64. The third-order valence-corrected chi connectivity index (χ3v) is 5.36. The molecule has 2 aromatic rings.